The van der Waals surface area contributed by atoms with Crippen molar-refractivity contribution in [1.82, 2.24) is 0 Å². The normalized spacial score (nSPS) is 10.4. The first-order valence-corrected chi connectivity index (χ1v) is 3.73. The van der Waals surface area contributed by atoms with E-state index >= 15 is 0 Å². The van der Waals surface area contributed by atoms with E-state index in [1.54, 1.807) is 0 Å². The van der Waals surface area contributed by atoms with Gasteiger partial charge in [-0.15, -0.1) is 0 Å². The largest absolute Gasteiger partial charge is 0.526 e. The molecule has 0 heterocycles. The second kappa shape index (κ2) is 3.88. The summed E-state index contributed by atoms with van der Waals surface area (Å²) < 4.78 is 34.3. The number of carbonyl (C=O) groups excluding carboxylic acids is 1. The highest BCUT2D eigenvalue weighted by Crippen LogP contribution is 1.91. The Hall–Kier alpha value is -1.35. The standard InChI is InChI=1S/C3H4O8S/c4-2(5)1-10-3(6)11-12(7,8)9/h1H2,(H,4,5)(H,7,8,9). The second-order valence-corrected chi connectivity index (χ2v) is 2.47. The molecule has 0 unspecified atom stereocenters. The summed E-state index contributed by atoms with van der Waals surface area (Å²) in [5.74, 6) is -1.48. The quantitative estimate of drug-likeness (QED) is 0.439. The number of hydrogen-bond acceptors (Lipinski definition) is 6. The molecule has 9 heteroatoms. The van der Waals surface area contributed by atoms with E-state index in [1.807, 2.05) is 0 Å². The van der Waals surface area contributed by atoms with Gasteiger partial charge in [-0.05, 0) is 0 Å². The van der Waals surface area contributed by atoms with Crippen LogP contribution in [0, 0.1) is 0 Å². The number of carboxylic acid groups (broad SMARTS) is 1. The van der Waals surface area contributed by atoms with E-state index in [9.17, 15) is 18.0 Å². The maximum atomic E-state index is 10.1. The van der Waals surface area contributed by atoms with Gasteiger partial charge in [0.05, 0.1) is 0 Å². The van der Waals surface area contributed by atoms with Gasteiger partial charge in [0.2, 0.25) is 0 Å². The van der Waals surface area contributed by atoms with Crippen LogP contribution in [0.25, 0.3) is 0 Å². The molecule has 0 aliphatic heterocycles. The van der Waals surface area contributed by atoms with Gasteiger partial charge >= 0.3 is 22.5 Å². The van der Waals surface area contributed by atoms with E-state index in [0.29, 0.717) is 0 Å². The first kappa shape index (κ1) is 10.7. The Morgan fingerprint density at radius 3 is 2.17 bits per heavy atom. The summed E-state index contributed by atoms with van der Waals surface area (Å²) >= 11 is 0. The van der Waals surface area contributed by atoms with Gasteiger partial charge in [0, 0.05) is 0 Å². The molecular weight excluding hydrogens is 196 g/mol. The maximum absolute atomic E-state index is 10.1. The summed E-state index contributed by atoms with van der Waals surface area (Å²) in [5.41, 5.74) is 0. The van der Waals surface area contributed by atoms with Gasteiger partial charge in [-0.3, -0.25) is 8.74 Å². The summed E-state index contributed by atoms with van der Waals surface area (Å²) in [5, 5.41) is 7.92. The summed E-state index contributed by atoms with van der Waals surface area (Å²) in [4.78, 5) is 19.8. The molecule has 0 saturated heterocycles. The van der Waals surface area contributed by atoms with Crippen molar-refractivity contribution in [1.29, 1.82) is 0 Å². The monoisotopic (exact) mass is 200 g/mol. The molecule has 0 atom stereocenters. The predicted molar refractivity (Wildman–Crippen MR) is 31.6 cm³/mol. The number of ether oxygens (including phenoxy) is 1. The SMILES string of the molecule is O=C(O)COC(=O)OS(=O)(=O)O. The molecule has 0 aromatic rings. The third-order valence-electron chi connectivity index (χ3n) is 0.487. The molecule has 2 N–H and O–H groups in total. The fraction of sp³-hybridized carbons (Fsp3) is 0.333. The fourth-order valence-electron chi connectivity index (χ4n) is 0.231. The molecule has 0 amide bonds. The van der Waals surface area contributed by atoms with Gasteiger partial charge in [-0.25, -0.2) is 9.59 Å². The first-order valence-electron chi connectivity index (χ1n) is 2.36. The Kier molecular flexibility index (Phi) is 3.44. The molecule has 0 aromatic carbocycles. The van der Waals surface area contributed by atoms with Gasteiger partial charge < -0.3 is 9.84 Å². The highest BCUT2D eigenvalue weighted by atomic mass is 32.3. The highest BCUT2D eigenvalue weighted by molar-refractivity contribution is 7.81. The van der Waals surface area contributed by atoms with E-state index in [0.717, 1.165) is 0 Å². The molecule has 0 aromatic heterocycles. The van der Waals surface area contributed by atoms with Crippen molar-refractivity contribution in [3.8, 4) is 0 Å². The predicted octanol–water partition coefficient (Wildman–Crippen LogP) is -0.973. The Balaban J connectivity index is 3.84. The molecule has 0 fully saturated rings. The average molecular weight is 200 g/mol. The van der Waals surface area contributed by atoms with Crippen molar-refractivity contribution in [2.45, 2.75) is 0 Å². The number of rotatable bonds is 3. The van der Waals surface area contributed by atoms with Crippen LogP contribution in [0.2, 0.25) is 0 Å². The molecule has 0 bridgehead atoms. The zero-order chi connectivity index (χ0) is 9.78. The lowest BCUT2D eigenvalue weighted by Gasteiger charge is -1.98. The number of aliphatic carboxylic acids is 1. The number of carbonyl (C=O) groups is 2. The lowest BCUT2D eigenvalue weighted by molar-refractivity contribution is -0.140. The van der Waals surface area contributed by atoms with Crippen LogP contribution in [0.15, 0.2) is 0 Å². The van der Waals surface area contributed by atoms with E-state index in [1.165, 1.54) is 0 Å². The smallest absolute Gasteiger partial charge is 0.479 e. The zero-order valence-corrected chi connectivity index (χ0v) is 6.28. The van der Waals surface area contributed by atoms with Crippen LogP contribution in [0.4, 0.5) is 4.79 Å². The molecule has 70 valence electrons. The lowest BCUT2D eigenvalue weighted by atomic mass is 10.7. The Bertz CT molecular complexity index is 275. The summed E-state index contributed by atoms with van der Waals surface area (Å²) in [7, 11) is -4.94. The van der Waals surface area contributed by atoms with E-state index < -0.39 is 29.1 Å². The Labute approximate surface area is 66.7 Å². The maximum Gasteiger partial charge on any atom is 0.526 e. The Morgan fingerprint density at radius 1 is 1.33 bits per heavy atom. The molecule has 8 nitrogen and oxygen atoms in total. The van der Waals surface area contributed by atoms with Crippen molar-refractivity contribution in [3.63, 3.8) is 0 Å². The number of carboxylic acids is 1. The Morgan fingerprint density at radius 2 is 1.83 bits per heavy atom. The average Bonchev–Trinajstić information content (AvgIpc) is 1.79. The van der Waals surface area contributed by atoms with Crippen molar-refractivity contribution >= 4 is 22.5 Å². The number of hydrogen-bond donors (Lipinski definition) is 2. The summed E-state index contributed by atoms with van der Waals surface area (Å²) in [6.45, 7) is -1.05. The topological polar surface area (TPSA) is 127 Å². The molecule has 0 rings (SSSR count). The molecule has 0 aliphatic rings. The fourth-order valence-corrected chi connectivity index (χ4v) is 0.451. The third kappa shape index (κ3) is 6.77. The highest BCUT2D eigenvalue weighted by Gasteiger charge is 2.15. The molecule has 0 saturated carbocycles. The van der Waals surface area contributed by atoms with Gasteiger partial charge in [0.15, 0.2) is 6.61 Å². The molecule has 0 radical (unpaired) electrons. The van der Waals surface area contributed by atoms with E-state index in [-0.39, 0.29) is 0 Å². The van der Waals surface area contributed by atoms with Crippen LogP contribution in [0.1, 0.15) is 0 Å². The third-order valence-corrected chi connectivity index (χ3v) is 0.834. The van der Waals surface area contributed by atoms with Crippen molar-refractivity contribution in [2.75, 3.05) is 6.61 Å². The van der Waals surface area contributed by atoms with Crippen LogP contribution in [0.3, 0.4) is 0 Å². The van der Waals surface area contributed by atoms with Crippen LogP contribution >= 0.6 is 0 Å². The van der Waals surface area contributed by atoms with Crippen molar-refractivity contribution in [2.24, 2.45) is 0 Å². The van der Waals surface area contributed by atoms with Gasteiger partial charge in [0.1, 0.15) is 0 Å². The van der Waals surface area contributed by atoms with Crippen LogP contribution < -0.4 is 0 Å². The van der Waals surface area contributed by atoms with E-state index in [4.69, 9.17) is 9.66 Å². The minimum atomic E-state index is -4.94. The van der Waals surface area contributed by atoms with Crippen molar-refractivity contribution < 1.29 is 36.6 Å². The van der Waals surface area contributed by atoms with Gasteiger partial charge in [0.25, 0.3) is 0 Å². The van der Waals surface area contributed by atoms with E-state index in [2.05, 4.69) is 8.92 Å². The van der Waals surface area contributed by atoms with Crippen LogP contribution in [-0.4, -0.2) is 36.8 Å². The lowest BCUT2D eigenvalue weighted by Crippen LogP contribution is -2.17. The minimum Gasteiger partial charge on any atom is -0.479 e. The van der Waals surface area contributed by atoms with Gasteiger partial charge in [-0.2, -0.15) is 8.42 Å². The second-order valence-electron chi connectivity index (χ2n) is 1.44. The molecule has 12 heavy (non-hydrogen) atoms. The van der Waals surface area contributed by atoms with Gasteiger partial charge in [-0.1, -0.05) is 0 Å². The van der Waals surface area contributed by atoms with Crippen LogP contribution in [0.5, 0.6) is 0 Å². The van der Waals surface area contributed by atoms with Crippen molar-refractivity contribution in [3.05, 3.63) is 0 Å². The molecule has 0 aliphatic carbocycles. The summed E-state index contributed by atoms with van der Waals surface area (Å²) in [6.07, 6.45) is -1.81. The van der Waals surface area contributed by atoms with Crippen LogP contribution in [-0.2, 0) is 24.1 Å². The molecule has 0 spiro atoms. The first-order chi connectivity index (χ1) is 5.31. The molecular formula is C3H4O8S. The summed E-state index contributed by atoms with van der Waals surface area (Å²) in [6, 6.07) is 0. The zero-order valence-electron chi connectivity index (χ0n) is 5.46. The minimum absolute atomic E-state index is 1.05.